The number of aromatic amines is 1. The van der Waals surface area contributed by atoms with Gasteiger partial charge in [0.2, 0.25) is 0 Å². The number of nitrogens with two attached hydrogens (primary N) is 2. The van der Waals surface area contributed by atoms with Crippen LogP contribution in [0.1, 0.15) is 10.4 Å². The predicted octanol–water partition coefficient (Wildman–Crippen LogP) is 1.92. The van der Waals surface area contributed by atoms with Crippen molar-refractivity contribution >= 4 is 29.4 Å². The molecule has 0 aliphatic rings. The van der Waals surface area contributed by atoms with Crippen molar-refractivity contribution in [3.05, 3.63) is 40.9 Å². The van der Waals surface area contributed by atoms with Crippen molar-refractivity contribution in [1.29, 1.82) is 0 Å². The number of aromatic nitrogens is 1. The van der Waals surface area contributed by atoms with E-state index in [2.05, 4.69) is 10.3 Å². The van der Waals surface area contributed by atoms with Gasteiger partial charge in [0, 0.05) is 10.7 Å². The SMILES string of the molecule is NC(=O)Nc1[nH]c(-c2ccc(Cl)cc2)cc1C(N)=O. The summed E-state index contributed by atoms with van der Waals surface area (Å²) in [6, 6.07) is 7.72. The molecule has 0 fully saturated rings. The standard InChI is InChI=1S/C12H11ClN4O2/c13-7-3-1-6(2-4-7)9-5-8(10(14)18)11(16-9)17-12(15)19/h1-5,16H,(H2,14,18)(H3,15,17,19). The summed E-state index contributed by atoms with van der Waals surface area (Å²) < 4.78 is 0. The lowest BCUT2D eigenvalue weighted by molar-refractivity contribution is 0.100. The minimum absolute atomic E-state index is 0.156. The summed E-state index contributed by atoms with van der Waals surface area (Å²) in [5.74, 6) is -0.495. The maximum absolute atomic E-state index is 11.3. The number of hydrogen-bond acceptors (Lipinski definition) is 2. The molecule has 0 aliphatic carbocycles. The van der Waals surface area contributed by atoms with Crippen LogP contribution in [0, 0.1) is 0 Å². The molecule has 7 heteroatoms. The monoisotopic (exact) mass is 278 g/mol. The molecule has 0 unspecified atom stereocenters. The summed E-state index contributed by atoms with van der Waals surface area (Å²) in [6.45, 7) is 0. The van der Waals surface area contributed by atoms with E-state index in [4.69, 9.17) is 23.1 Å². The number of rotatable bonds is 3. The number of anilines is 1. The van der Waals surface area contributed by atoms with Crippen LogP contribution >= 0.6 is 11.6 Å². The van der Waals surface area contributed by atoms with E-state index in [-0.39, 0.29) is 11.4 Å². The molecular formula is C12H11ClN4O2. The number of halogens is 1. The van der Waals surface area contributed by atoms with Gasteiger partial charge in [-0.05, 0) is 23.8 Å². The smallest absolute Gasteiger partial charge is 0.317 e. The van der Waals surface area contributed by atoms with Gasteiger partial charge in [-0.3, -0.25) is 10.1 Å². The molecule has 1 aromatic carbocycles. The number of carbonyl (C=O) groups excluding carboxylic acids is 2. The molecule has 2 rings (SSSR count). The first-order valence-corrected chi connectivity index (χ1v) is 5.70. The fraction of sp³-hybridized carbons (Fsp3) is 0. The number of urea groups is 1. The Morgan fingerprint density at radius 1 is 1.16 bits per heavy atom. The fourth-order valence-corrected chi connectivity index (χ4v) is 1.78. The van der Waals surface area contributed by atoms with E-state index in [0.717, 1.165) is 5.56 Å². The van der Waals surface area contributed by atoms with Gasteiger partial charge in [0.05, 0.1) is 5.56 Å². The largest absolute Gasteiger partial charge is 0.365 e. The lowest BCUT2D eigenvalue weighted by Gasteiger charge is -2.00. The summed E-state index contributed by atoms with van der Waals surface area (Å²) in [7, 11) is 0. The van der Waals surface area contributed by atoms with Gasteiger partial charge in [0.25, 0.3) is 5.91 Å². The van der Waals surface area contributed by atoms with Crippen LogP contribution in [-0.2, 0) is 0 Å². The molecule has 0 aliphatic heterocycles. The van der Waals surface area contributed by atoms with E-state index in [1.54, 1.807) is 24.3 Å². The van der Waals surface area contributed by atoms with Gasteiger partial charge in [-0.25, -0.2) is 4.79 Å². The Morgan fingerprint density at radius 3 is 2.32 bits per heavy atom. The molecule has 6 N–H and O–H groups in total. The van der Waals surface area contributed by atoms with E-state index in [9.17, 15) is 9.59 Å². The molecule has 0 atom stereocenters. The maximum atomic E-state index is 11.3. The van der Waals surface area contributed by atoms with Crippen molar-refractivity contribution in [1.82, 2.24) is 4.98 Å². The van der Waals surface area contributed by atoms with Crippen molar-refractivity contribution in [3.8, 4) is 11.3 Å². The third-order valence-electron chi connectivity index (χ3n) is 2.49. The van der Waals surface area contributed by atoms with Crippen molar-refractivity contribution in [3.63, 3.8) is 0 Å². The molecule has 1 heterocycles. The number of amides is 3. The van der Waals surface area contributed by atoms with Crippen molar-refractivity contribution in [2.75, 3.05) is 5.32 Å². The number of carbonyl (C=O) groups is 2. The summed E-state index contributed by atoms with van der Waals surface area (Å²) in [6.07, 6.45) is 0. The van der Waals surface area contributed by atoms with Crippen LogP contribution in [0.2, 0.25) is 5.02 Å². The molecule has 1 aromatic heterocycles. The first-order valence-electron chi connectivity index (χ1n) is 5.32. The molecule has 2 aromatic rings. The molecule has 0 saturated heterocycles. The minimum atomic E-state index is -0.785. The van der Waals surface area contributed by atoms with E-state index in [0.29, 0.717) is 10.7 Å². The number of H-pyrrole nitrogens is 1. The third kappa shape index (κ3) is 2.86. The quantitative estimate of drug-likeness (QED) is 0.687. The van der Waals surface area contributed by atoms with Crippen LogP contribution in [0.15, 0.2) is 30.3 Å². The molecule has 0 radical (unpaired) electrons. The average molecular weight is 279 g/mol. The van der Waals surface area contributed by atoms with Gasteiger partial charge in [0.15, 0.2) is 0 Å². The van der Waals surface area contributed by atoms with Gasteiger partial charge in [0.1, 0.15) is 5.82 Å². The number of hydrogen-bond donors (Lipinski definition) is 4. The highest BCUT2D eigenvalue weighted by atomic mass is 35.5. The van der Waals surface area contributed by atoms with Gasteiger partial charge in [-0.15, -0.1) is 0 Å². The molecule has 3 amide bonds. The zero-order valence-corrected chi connectivity index (χ0v) is 10.5. The molecule has 98 valence electrons. The Balaban J connectivity index is 2.45. The molecule has 0 spiro atoms. The Kier molecular flexibility index (Phi) is 3.43. The lowest BCUT2D eigenvalue weighted by atomic mass is 10.1. The zero-order valence-electron chi connectivity index (χ0n) is 9.74. The van der Waals surface area contributed by atoms with Crippen LogP contribution in [0.4, 0.5) is 10.6 Å². The normalized spacial score (nSPS) is 10.2. The van der Waals surface area contributed by atoms with Gasteiger partial charge in [-0.1, -0.05) is 23.7 Å². The highest BCUT2D eigenvalue weighted by Crippen LogP contribution is 2.26. The number of primary amides is 2. The second-order valence-electron chi connectivity index (χ2n) is 3.83. The van der Waals surface area contributed by atoms with Crippen LogP contribution in [0.25, 0.3) is 11.3 Å². The second kappa shape index (κ2) is 5.03. The van der Waals surface area contributed by atoms with Crippen molar-refractivity contribution in [2.24, 2.45) is 11.5 Å². The molecule has 6 nitrogen and oxygen atoms in total. The summed E-state index contributed by atoms with van der Waals surface area (Å²) in [4.78, 5) is 25.0. The number of nitrogens with one attached hydrogen (secondary N) is 2. The first-order chi connectivity index (χ1) is 8.97. The lowest BCUT2D eigenvalue weighted by Crippen LogP contribution is -2.22. The fourth-order valence-electron chi connectivity index (χ4n) is 1.66. The van der Waals surface area contributed by atoms with Gasteiger partial charge >= 0.3 is 6.03 Å². The second-order valence-corrected chi connectivity index (χ2v) is 4.27. The van der Waals surface area contributed by atoms with E-state index in [1.807, 2.05) is 0 Å². The molecule has 0 bridgehead atoms. The minimum Gasteiger partial charge on any atom is -0.365 e. The average Bonchev–Trinajstić information content (AvgIpc) is 2.73. The van der Waals surface area contributed by atoms with Crippen LogP contribution in [0.5, 0.6) is 0 Å². The van der Waals surface area contributed by atoms with Crippen LogP contribution < -0.4 is 16.8 Å². The van der Waals surface area contributed by atoms with Crippen LogP contribution in [0.3, 0.4) is 0 Å². The summed E-state index contributed by atoms with van der Waals surface area (Å²) >= 11 is 5.80. The molecular weight excluding hydrogens is 268 g/mol. The molecule has 19 heavy (non-hydrogen) atoms. The van der Waals surface area contributed by atoms with Crippen molar-refractivity contribution in [2.45, 2.75) is 0 Å². The van der Waals surface area contributed by atoms with E-state index < -0.39 is 11.9 Å². The van der Waals surface area contributed by atoms with Crippen molar-refractivity contribution < 1.29 is 9.59 Å². The van der Waals surface area contributed by atoms with Gasteiger partial charge < -0.3 is 16.5 Å². The maximum Gasteiger partial charge on any atom is 0.317 e. The highest BCUT2D eigenvalue weighted by Gasteiger charge is 2.15. The summed E-state index contributed by atoms with van der Waals surface area (Å²) in [5.41, 5.74) is 11.8. The topological polar surface area (TPSA) is 114 Å². The van der Waals surface area contributed by atoms with Crippen LogP contribution in [-0.4, -0.2) is 16.9 Å². The number of benzene rings is 1. The Labute approximate surface area is 113 Å². The summed E-state index contributed by atoms with van der Waals surface area (Å²) in [5, 5.41) is 2.91. The zero-order chi connectivity index (χ0) is 14.0. The predicted molar refractivity (Wildman–Crippen MR) is 73.0 cm³/mol. The Bertz CT molecular complexity index is 634. The Hall–Kier alpha value is -2.47. The van der Waals surface area contributed by atoms with E-state index >= 15 is 0 Å². The molecule has 0 saturated carbocycles. The Morgan fingerprint density at radius 2 is 1.79 bits per heavy atom. The third-order valence-corrected chi connectivity index (χ3v) is 2.74. The highest BCUT2D eigenvalue weighted by molar-refractivity contribution is 6.30. The van der Waals surface area contributed by atoms with E-state index in [1.165, 1.54) is 6.07 Å². The van der Waals surface area contributed by atoms with Gasteiger partial charge in [-0.2, -0.15) is 0 Å². The first kappa shape index (κ1) is 13.0.